The molecule has 0 unspecified atom stereocenters. The minimum atomic E-state index is 0. The van der Waals surface area contributed by atoms with Crippen molar-refractivity contribution >= 4 is 29.9 Å². The van der Waals surface area contributed by atoms with E-state index < -0.39 is 0 Å². The summed E-state index contributed by atoms with van der Waals surface area (Å²) in [6.07, 6.45) is 4.18. The highest BCUT2D eigenvalue weighted by Gasteiger charge is 2.16. The first-order chi connectivity index (χ1) is 10.8. The minimum Gasteiger partial charge on any atom is -0.444 e. The second kappa shape index (κ2) is 8.33. The molecule has 1 aromatic carbocycles. The number of benzene rings is 1. The number of halogens is 1. The minimum absolute atomic E-state index is 0. The van der Waals surface area contributed by atoms with Gasteiger partial charge >= 0.3 is 0 Å². The third-order valence-corrected chi connectivity index (χ3v) is 3.90. The summed E-state index contributed by atoms with van der Waals surface area (Å²) in [7, 11) is 1.82. The molecule has 1 aliphatic heterocycles. The van der Waals surface area contributed by atoms with Crippen LogP contribution in [0.3, 0.4) is 0 Å². The number of aryl methyl sites for hydroxylation is 1. The Morgan fingerprint density at radius 1 is 1.26 bits per heavy atom. The fourth-order valence-corrected chi connectivity index (χ4v) is 2.65. The van der Waals surface area contributed by atoms with Crippen molar-refractivity contribution in [1.82, 2.24) is 15.2 Å². The maximum absolute atomic E-state index is 5.58. The molecule has 124 valence electrons. The lowest BCUT2D eigenvalue weighted by atomic mass is 10.1. The number of aliphatic imine (C=N–C) groups is 1. The van der Waals surface area contributed by atoms with E-state index in [1.54, 1.807) is 6.26 Å². The van der Waals surface area contributed by atoms with Crippen molar-refractivity contribution in [3.63, 3.8) is 0 Å². The molecule has 0 amide bonds. The molecule has 0 bridgehead atoms. The van der Waals surface area contributed by atoms with E-state index in [4.69, 9.17) is 4.42 Å². The molecule has 1 saturated heterocycles. The average molecular weight is 426 g/mol. The first-order valence-electron chi connectivity index (χ1n) is 7.73. The number of oxazole rings is 1. The molecule has 2 aromatic rings. The fraction of sp³-hybridized carbons (Fsp3) is 0.412. The Morgan fingerprint density at radius 3 is 2.61 bits per heavy atom. The molecule has 0 atom stereocenters. The van der Waals surface area contributed by atoms with Crippen molar-refractivity contribution in [1.29, 1.82) is 0 Å². The van der Waals surface area contributed by atoms with Crippen LogP contribution in [0.4, 0.5) is 0 Å². The van der Waals surface area contributed by atoms with E-state index in [1.165, 1.54) is 18.4 Å². The smallest absolute Gasteiger partial charge is 0.226 e. The summed E-state index contributed by atoms with van der Waals surface area (Å²) in [6, 6.07) is 8.18. The van der Waals surface area contributed by atoms with E-state index in [1.807, 2.05) is 19.2 Å². The van der Waals surface area contributed by atoms with Gasteiger partial charge in [-0.25, -0.2) is 4.98 Å². The van der Waals surface area contributed by atoms with Crippen LogP contribution in [0.15, 0.2) is 39.9 Å². The molecule has 1 aliphatic rings. The Hall–Kier alpha value is -1.57. The second-order valence-corrected chi connectivity index (χ2v) is 5.60. The molecular formula is C17H23IN4O. The summed E-state index contributed by atoms with van der Waals surface area (Å²) in [5.41, 5.74) is 3.11. The number of nitrogens with zero attached hydrogens (tertiary/aromatic N) is 3. The Morgan fingerprint density at radius 2 is 1.96 bits per heavy atom. The van der Waals surface area contributed by atoms with Gasteiger partial charge in [0.1, 0.15) is 6.26 Å². The highest BCUT2D eigenvalue weighted by Crippen LogP contribution is 2.19. The molecule has 5 nitrogen and oxygen atoms in total. The Labute approximate surface area is 154 Å². The quantitative estimate of drug-likeness (QED) is 0.464. The summed E-state index contributed by atoms with van der Waals surface area (Å²) in [5.74, 6) is 1.60. The third-order valence-electron chi connectivity index (χ3n) is 3.90. The molecule has 0 spiro atoms. The lowest BCUT2D eigenvalue weighted by Crippen LogP contribution is -2.39. The zero-order valence-corrected chi connectivity index (χ0v) is 15.9. The standard InChI is InChI=1S/C17H22N4O.HI/c1-13-5-7-14(8-6-13)16-20-15(12-22-16)11-19-17(18-2)21-9-3-4-10-21;/h5-8,12H,3-4,9-11H2,1-2H3,(H,18,19);1H. The van der Waals surface area contributed by atoms with Gasteiger partial charge in [-0.1, -0.05) is 17.7 Å². The van der Waals surface area contributed by atoms with Crippen molar-refractivity contribution in [2.45, 2.75) is 26.3 Å². The molecule has 2 heterocycles. The van der Waals surface area contributed by atoms with Crippen LogP contribution in [0.5, 0.6) is 0 Å². The van der Waals surface area contributed by atoms with E-state index in [0.717, 1.165) is 30.3 Å². The molecule has 23 heavy (non-hydrogen) atoms. The van der Waals surface area contributed by atoms with Gasteiger partial charge in [0.05, 0.1) is 12.2 Å². The first-order valence-corrected chi connectivity index (χ1v) is 7.73. The molecular weight excluding hydrogens is 403 g/mol. The second-order valence-electron chi connectivity index (χ2n) is 5.60. The van der Waals surface area contributed by atoms with Gasteiger partial charge in [-0.2, -0.15) is 0 Å². The molecule has 6 heteroatoms. The average Bonchev–Trinajstić information content (AvgIpc) is 3.20. The Kier molecular flexibility index (Phi) is 6.44. The van der Waals surface area contributed by atoms with Crippen LogP contribution in [-0.2, 0) is 6.54 Å². The van der Waals surface area contributed by atoms with Crippen molar-refractivity contribution in [2.24, 2.45) is 4.99 Å². The van der Waals surface area contributed by atoms with E-state index in [2.05, 4.69) is 39.2 Å². The predicted molar refractivity (Wildman–Crippen MR) is 103 cm³/mol. The van der Waals surface area contributed by atoms with Crippen molar-refractivity contribution < 1.29 is 4.42 Å². The zero-order chi connectivity index (χ0) is 15.4. The summed E-state index contributed by atoms with van der Waals surface area (Å²) in [6.45, 7) is 4.84. The third kappa shape index (κ3) is 4.46. The number of hydrogen-bond donors (Lipinski definition) is 1. The van der Waals surface area contributed by atoms with Crippen LogP contribution in [0.1, 0.15) is 24.1 Å². The fourth-order valence-electron chi connectivity index (χ4n) is 2.65. The van der Waals surface area contributed by atoms with Gasteiger partial charge in [0.25, 0.3) is 0 Å². The van der Waals surface area contributed by atoms with Crippen molar-refractivity contribution in [2.75, 3.05) is 20.1 Å². The lowest BCUT2D eigenvalue weighted by molar-refractivity contribution is 0.492. The van der Waals surface area contributed by atoms with Gasteiger partial charge in [-0.3, -0.25) is 4.99 Å². The monoisotopic (exact) mass is 426 g/mol. The van der Waals surface area contributed by atoms with Crippen molar-refractivity contribution in [3.8, 4) is 11.5 Å². The van der Waals surface area contributed by atoms with Gasteiger partial charge in [0.2, 0.25) is 5.89 Å². The number of hydrogen-bond acceptors (Lipinski definition) is 3. The molecule has 0 radical (unpaired) electrons. The molecule has 0 aliphatic carbocycles. The zero-order valence-electron chi connectivity index (χ0n) is 13.6. The molecule has 1 fully saturated rings. The van der Waals surface area contributed by atoms with E-state index in [9.17, 15) is 0 Å². The van der Waals surface area contributed by atoms with Gasteiger partial charge in [0, 0.05) is 25.7 Å². The summed E-state index contributed by atoms with van der Waals surface area (Å²) < 4.78 is 5.58. The predicted octanol–water partition coefficient (Wildman–Crippen LogP) is 3.44. The van der Waals surface area contributed by atoms with Crippen LogP contribution in [-0.4, -0.2) is 36.0 Å². The van der Waals surface area contributed by atoms with E-state index >= 15 is 0 Å². The number of nitrogens with one attached hydrogen (secondary N) is 1. The van der Waals surface area contributed by atoms with Crippen LogP contribution >= 0.6 is 24.0 Å². The highest BCUT2D eigenvalue weighted by molar-refractivity contribution is 14.0. The maximum atomic E-state index is 5.58. The number of rotatable bonds is 3. The first kappa shape index (κ1) is 17.8. The lowest BCUT2D eigenvalue weighted by Gasteiger charge is -2.20. The topological polar surface area (TPSA) is 53.7 Å². The van der Waals surface area contributed by atoms with E-state index in [-0.39, 0.29) is 24.0 Å². The Balaban J connectivity index is 0.00000192. The number of likely N-dealkylation sites (tertiary alicyclic amines) is 1. The maximum Gasteiger partial charge on any atom is 0.226 e. The van der Waals surface area contributed by atoms with Gasteiger partial charge in [0.15, 0.2) is 5.96 Å². The molecule has 3 rings (SSSR count). The van der Waals surface area contributed by atoms with Crippen LogP contribution in [0.25, 0.3) is 11.5 Å². The summed E-state index contributed by atoms with van der Waals surface area (Å²) in [4.78, 5) is 11.2. The largest absolute Gasteiger partial charge is 0.444 e. The normalized spacial score (nSPS) is 14.7. The summed E-state index contributed by atoms with van der Waals surface area (Å²) in [5, 5.41) is 3.35. The molecule has 1 N–H and O–H groups in total. The molecule has 1 aromatic heterocycles. The SMILES string of the molecule is CN=C(NCc1coc(-c2ccc(C)cc2)n1)N1CCCC1.I. The highest BCUT2D eigenvalue weighted by atomic mass is 127. The van der Waals surface area contributed by atoms with Crippen molar-refractivity contribution in [3.05, 3.63) is 41.8 Å². The van der Waals surface area contributed by atoms with Crippen LogP contribution < -0.4 is 5.32 Å². The van der Waals surface area contributed by atoms with Gasteiger partial charge in [-0.15, -0.1) is 24.0 Å². The van der Waals surface area contributed by atoms with Crippen LogP contribution in [0, 0.1) is 6.92 Å². The van der Waals surface area contributed by atoms with Crippen LogP contribution in [0.2, 0.25) is 0 Å². The Bertz CT molecular complexity index is 645. The van der Waals surface area contributed by atoms with Gasteiger partial charge < -0.3 is 14.6 Å². The number of guanidine groups is 1. The molecule has 0 saturated carbocycles. The summed E-state index contributed by atoms with van der Waals surface area (Å²) >= 11 is 0. The van der Waals surface area contributed by atoms with Gasteiger partial charge in [-0.05, 0) is 31.9 Å². The number of aromatic nitrogens is 1. The van der Waals surface area contributed by atoms with E-state index in [0.29, 0.717) is 12.4 Å².